The molecule has 0 aliphatic carbocycles. The lowest BCUT2D eigenvalue weighted by Crippen LogP contribution is -2.21. The summed E-state index contributed by atoms with van der Waals surface area (Å²) in [6.45, 7) is 3.28. The molecule has 26 heavy (non-hydrogen) atoms. The van der Waals surface area contributed by atoms with Gasteiger partial charge in [0.25, 0.3) is 5.91 Å². The van der Waals surface area contributed by atoms with Crippen LogP contribution >= 0.6 is 0 Å². The zero-order valence-electron chi connectivity index (χ0n) is 14.6. The van der Waals surface area contributed by atoms with E-state index in [0.717, 1.165) is 17.2 Å². The minimum atomic E-state index is -0.841. The quantitative estimate of drug-likeness (QED) is 0.483. The number of carbonyl (C=O) groups excluding carboxylic acids is 2. The van der Waals surface area contributed by atoms with Crippen molar-refractivity contribution >= 4 is 23.3 Å². The van der Waals surface area contributed by atoms with Gasteiger partial charge in [-0.05, 0) is 43.2 Å². The maximum absolute atomic E-state index is 12.0. The second-order valence-corrected chi connectivity index (χ2v) is 5.52. The van der Waals surface area contributed by atoms with Crippen LogP contribution in [0.2, 0.25) is 0 Å². The lowest BCUT2D eigenvalue weighted by molar-refractivity contribution is -0.385. The van der Waals surface area contributed by atoms with Crippen LogP contribution in [0.25, 0.3) is 0 Å². The minimum Gasteiger partial charge on any atom is -0.490 e. The molecule has 0 bridgehead atoms. The first-order valence-electron chi connectivity index (χ1n) is 7.69. The molecule has 0 aromatic heterocycles. The number of ether oxygens (including phenoxy) is 2. The zero-order valence-corrected chi connectivity index (χ0v) is 14.6. The number of hydrogen-bond acceptors (Lipinski definition) is 6. The van der Waals surface area contributed by atoms with Crippen molar-refractivity contribution < 1.29 is 24.0 Å². The van der Waals surface area contributed by atoms with Gasteiger partial charge in [-0.1, -0.05) is 12.1 Å². The lowest BCUT2D eigenvalue weighted by Gasteiger charge is -2.10. The topological polar surface area (TPSA) is 108 Å². The Morgan fingerprint density at radius 2 is 1.92 bits per heavy atom. The molecule has 2 aromatic carbocycles. The molecule has 1 amide bonds. The van der Waals surface area contributed by atoms with E-state index in [1.54, 1.807) is 12.1 Å². The molecule has 0 spiro atoms. The summed E-state index contributed by atoms with van der Waals surface area (Å²) in [5, 5.41) is 13.7. The van der Waals surface area contributed by atoms with Crippen LogP contribution in [-0.4, -0.2) is 30.5 Å². The van der Waals surface area contributed by atoms with Crippen molar-refractivity contribution in [3.05, 3.63) is 63.2 Å². The molecule has 0 radical (unpaired) electrons. The second kappa shape index (κ2) is 8.11. The van der Waals surface area contributed by atoms with E-state index in [1.165, 1.54) is 19.2 Å². The van der Waals surface area contributed by atoms with Crippen LogP contribution in [-0.2, 0) is 9.53 Å². The van der Waals surface area contributed by atoms with Crippen molar-refractivity contribution in [2.75, 3.05) is 19.0 Å². The van der Waals surface area contributed by atoms with Gasteiger partial charge in [-0.2, -0.15) is 0 Å². The highest BCUT2D eigenvalue weighted by Gasteiger charge is 2.19. The van der Waals surface area contributed by atoms with E-state index in [1.807, 2.05) is 19.9 Å². The van der Waals surface area contributed by atoms with Gasteiger partial charge in [-0.25, -0.2) is 4.79 Å². The SMILES string of the molecule is COc1ccc(C(=O)OCC(=O)Nc2cccc(C)c2C)cc1[N+](=O)[O-]. The third kappa shape index (κ3) is 4.35. The monoisotopic (exact) mass is 358 g/mol. The number of benzene rings is 2. The number of nitrogens with zero attached hydrogens (tertiary/aromatic N) is 1. The molecule has 0 fully saturated rings. The van der Waals surface area contributed by atoms with Crippen molar-refractivity contribution in [2.24, 2.45) is 0 Å². The molecular weight excluding hydrogens is 340 g/mol. The summed E-state index contributed by atoms with van der Waals surface area (Å²) in [4.78, 5) is 34.3. The fourth-order valence-corrected chi connectivity index (χ4v) is 2.25. The largest absolute Gasteiger partial charge is 0.490 e. The molecule has 2 rings (SSSR count). The number of aryl methyl sites for hydroxylation is 1. The molecule has 8 heteroatoms. The highest BCUT2D eigenvalue weighted by molar-refractivity contribution is 5.96. The normalized spacial score (nSPS) is 10.1. The first-order chi connectivity index (χ1) is 12.3. The smallest absolute Gasteiger partial charge is 0.338 e. The number of carbonyl (C=O) groups is 2. The van der Waals surface area contributed by atoms with Crippen LogP contribution in [0.4, 0.5) is 11.4 Å². The first kappa shape index (κ1) is 18.9. The van der Waals surface area contributed by atoms with Crippen molar-refractivity contribution in [1.29, 1.82) is 0 Å². The van der Waals surface area contributed by atoms with Gasteiger partial charge in [0.15, 0.2) is 12.4 Å². The first-order valence-corrected chi connectivity index (χ1v) is 7.69. The molecule has 0 saturated carbocycles. The summed E-state index contributed by atoms with van der Waals surface area (Å²) in [6.07, 6.45) is 0. The number of nitrogens with one attached hydrogen (secondary N) is 1. The summed E-state index contributed by atoms with van der Waals surface area (Å²) >= 11 is 0. The van der Waals surface area contributed by atoms with E-state index >= 15 is 0 Å². The molecule has 0 heterocycles. The predicted molar refractivity (Wildman–Crippen MR) is 94.5 cm³/mol. The molecule has 0 unspecified atom stereocenters. The van der Waals surface area contributed by atoms with Gasteiger partial charge in [-0.3, -0.25) is 14.9 Å². The average Bonchev–Trinajstić information content (AvgIpc) is 2.62. The van der Waals surface area contributed by atoms with Crippen LogP contribution in [0.5, 0.6) is 5.75 Å². The summed E-state index contributed by atoms with van der Waals surface area (Å²) in [5.74, 6) is -1.32. The van der Waals surface area contributed by atoms with Crippen LogP contribution in [0.1, 0.15) is 21.5 Å². The highest BCUT2D eigenvalue weighted by atomic mass is 16.6. The number of nitro groups is 1. The predicted octanol–water partition coefficient (Wildman–Crippen LogP) is 3.02. The van der Waals surface area contributed by atoms with Crippen LogP contribution in [0, 0.1) is 24.0 Å². The van der Waals surface area contributed by atoms with Crippen molar-refractivity contribution in [1.82, 2.24) is 0 Å². The van der Waals surface area contributed by atoms with Gasteiger partial charge in [-0.15, -0.1) is 0 Å². The van der Waals surface area contributed by atoms with Gasteiger partial charge in [0.05, 0.1) is 17.6 Å². The Bertz CT molecular complexity index is 863. The lowest BCUT2D eigenvalue weighted by atomic mass is 10.1. The van der Waals surface area contributed by atoms with Gasteiger partial charge in [0.1, 0.15) is 0 Å². The number of rotatable bonds is 6. The number of methoxy groups -OCH3 is 1. The standard InChI is InChI=1S/C18H18N2O6/c1-11-5-4-6-14(12(11)2)19-17(21)10-26-18(22)13-7-8-16(25-3)15(9-13)20(23)24/h4-9H,10H2,1-3H3,(H,19,21). The molecule has 0 saturated heterocycles. The van der Waals surface area contributed by atoms with Crippen LogP contribution < -0.4 is 10.1 Å². The summed E-state index contributed by atoms with van der Waals surface area (Å²) < 4.78 is 9.79. The number of esters is 1. The van der Waals surface area contributed by atoms with E-state index in [0.29, 0.717) is 5.69 Å². The Hall–Kier alpha value is -3.42. The molecule has 2 aromatic rings. The van der Waals surface area contributed by atoms with E-state index in [4.69, 9.17) is 9.47 Å². The van der Waals surface area contributed by atoms with Gasteiger partial charge < -0.3 is 14.8 Å². The molecule has 1 N–H and O–H groups in total. The summed E-state index contributed by atoms with van der Waals surface area (Å²) in [7, 11) is 1.29. The Labute approximate surface area is 149 Å². The second-order valence-electron chi connectivity index (χ2n) is 5.52. The Kier molecular flexibility index (Phi) is 5.90. The van der Waals surface area contributed by atoms with Gasteiger partial charge in [0, 0.05) is 11.8 Å². The Balaban J connectivity index is 2.02. The molecule has 0 aliphatic heterocycles. The molecule has 0 atom stereocenters. The van der Waals surface area contributed by atoms with Crippen molar-refractivity contribution in [3.63, 3.8) is 0 Å². The third-order valence-electron chi connectivity index (χ3n) is 3.82. The van der Waals surface area contributed by atoms with E-state index < -0.39 is 23.4 Å². The number of amides is 1. The summed E-state index contributed by atoms with van der Waals surface area (Å²) in [6, 6.07) is 9.14. The average molecular weight is 358 g/mol. The zero-order chi connectivity index (χ0) is 19.3. The maximum atomic E-state index is 12.0. The third-order valence-corrected chi connectivity index (χ3v) is 3.82. The van der Waals surface area contributed by atoms with E-state index in [2.05, 4.69) is 5.32 Å². The fourth-order valence-electron chi connectivity index (χ4n) is 2.25. The van der Waals surface area contributed by atoms with E-state index in [9.17, 15) is 19.7 Å². The highest BCUT2D eigenvalue weighted by Crippen LogP contribution is 2.27. The maximum Gasteiger partial charge on any atom is 0.338 e. The minimum absolute atomic E-state index is 0.0271. The van der Waals surface area contributed by atoms with Crippen molar-refractivity contribution in [3.8, 4) is 5.75 Å². The Morgan fingerprint density at radius 3 is 2.58 bits per heavy atom. The van der Waals surface area contributed by atoms with Gasteiger partial charge in [0.2, 0.25) is 0 Å². The number of hydrogen-bond donors (Lipinski definition) is 1. The molecular formula is C18H18N2O6. The van der Waals surface area contributed by atoms with Gasteiger partial charge >= 0.3 is 11.7 Å². The summed E-state index contributed by atoms with van der Waals surface area (Å²) in [5.41, 5.74) is 2.16. The van der Waals surface area contributed by atoms with Crippen molar-refractivity contribution in [2.45, 2.75) is 13.8 Å². The molecule has 8 nitrogen and oxygen atoms in total. The molecule has 0 aliphatic rings. The fraction of sp³-hybridized carbons (Fsp3) is 0.222. The van der Waals surface area contributed by atoms with Crippen LogP contribution in [0.15, 0.2) is 36.4 Å². The number of anilines is 1. The Morgan fingerprint density at radius 1 is 1.19 bits per heavy atom. The van der Waals surface area contributed by atoms with E-state index in [-0.39, 0.29) is 17.0 Å². The number of nitro benzene ring substituents is 1. The van der Waals surface area contributed by atoms with Crippen LogP contribution in [0.3, 0.4) is 0 Å². The molecule has 136 valence electrons.